The van der Waals surface area contributed by atoms with Crippen LogP contribution in [0.4, 0.5) is 17.6 Å². The number of rotatable bonds is 4. The van der Waals surface area contributed by atoms with Crippen LogP contribution in [0.25, 0.3) is 11.4 Å². The molecule has 3 aromatic heterocycles. The Hall–Kier alpha value is -3.56. The van der Waals surface area contributed by atoms with Gasteiger partial charge in [0.2, 0.25) is 5.88 Å². The van der Waals surface area contributed by atoms with Gasteiger partial charge in [-0.15, -0.1) is 0 Å². The summed E-state index contributed by atoms with van der Waals surface area (Å²) in [5.74, 6) is -0.622. The number of alkyl halides is 3. The molecule has 3 atom stereocenters. The van der Waals surface area contributed by atoms with Crippen LogP contribution in [0, 0.1) is 18.7 Å². The number of piperidine rings is 2. The van der Waals surface area contributed by atoms with Crippen molar-refractivity contribution < 1.29 is 27.1 Å². The number of aromatic nitrogens is 3. The summed E-state index contributed by atoms with van der Waals surface area (Å²) in [5.41, 5.74) is 0.191. The fourth-order valence-electron chi connectivity index (χ4n) is 4.89. The third-order valence-corrected chi connectivity index (χ3v) is 6.57. The van der Waals surface area contributed by atoms with Crippen molar-refractivity contribution in [3.8, 4) is 17.3 Å². The van der Waals surface area contributed by atoms with E-state index in [1.165, 1.54) is 24.4 Å². The summed E-state index contributed by atoms with van der Waals surface area (Å²) >= 11 is 0. The number of hydrogen-bond acceptors (Lipinski definition) is 5. The molecule has 2 aliphatic heterocycles. The Morgan fingerprint density at radius 3 is 2.60 bits per heavy atom. The van der Waals surface area contributed by atoms with E-state index in [-0.39, 0.29) is 40.7 Å². The van der Waals surface area contributed by atoms with Crippen molar-refractivity contribution in [1.82, 2.24) is 19.9 Å². The Labute approximate surface area is 199 Å². The summed E-state index contributed by atoms with van der Waals surface area (Å²) < 4.78 is 59.0. The topological polar surface area (TPSA) is 68.2 Å². The van der Waals surface area contributed by atoms with E-state index < -0.39 is 23.7 Å². The van der Waals surface area contributed by atoms with E-state index in [1.54, 1.807) is 24.0 Å². The van der Waals surface area contributed by atoms with E-state index in [0.29, 0.717) is 25.1 Å². The Balaban J connectivity index is 1.41. The maximum atomic E-state index is 14.5. The lowest BCUT2D eigenvalue weighted by Gasteiger charge is -2.49. The van der Waals surface area contributed by atoms with Crippen molar-refractivity contribution in [2.24, 2.45) is 5.92 Å². The Morgan fingerprint density at radius 2 is 1.91 bits per heavy atom. The molecule has 182 valence electrons. The molecule has 0 aromatic carbocycles. The first-order chi connectivity index (χ1) is 16.7. The third kappa shape index (κ3) is 4.56. The molecule has 5 heterocycles. The SMILES string of the molecule is Cc1ccc(C(=O)N2C[C@@H]3CC[C@H]2[C@H](Oc2ccc(C(F)(F)F)cn2)C3)c(-c2ncccc2F)n1. The van der Waals surface area contributed by atoms with Crippen LogP contribution in [0.5, 0.6) is 5.88 Å². The standard InChI is InChI=1S/C25H22F4N4O2/c1-14-4-7-17(22(32-14)23-18(26)3-2-10-30-23)24(34)33-13-15-5-8-19(33)20(11-15)35-21-9-6-16(12-31-21)25(27,28)29/h2-4,6-7,9-10,12,15,19-20H,5,8,11,13H2,1H3/t15-,19+,20-/m1/s1. The van der Waals surface area contributed by atoms with Crippen molar-refractivity contribution >= 4 is 5.91 Å². The lowest BCUT2D eigenvalue weighted by Crippen LogP contribution is -2.59. The summed E-state index contributed by atoms with van der Waals surface area (Å²) in [6, 6.07) is 7.89. The van der Waals surface area contributed by atoms with Crippen molar-refractivity contribution in [3.63, 3.8) is 0 Å². The Kier molecular flexibility index (Phi) is 5.90. The van der Waals surface area contributed by atoms with Crippen LogP contribution in [-0.4, -0.2) is 44.4 Å². The number of halogens is 4. The minimum atomic E-state index is -4.48. The molecule has 0 spiro atoms. The van der Waals surface area contributed by atoms with Crippen LogP contribution in [0.2, 0.25) is 0 Å². The fourth-order valence-corrected chi connectivity index (χ4v) is 4.89. The zero-order chi connectivity index (χ0) is 24.7. The number of fused-ring (bicyclic) bond motifs is 3. The van der Waals surface area contributed by atoms with Crippen LogP contribution in [0.3, 0.4) is 0 Å². The highest BCUT2D eigenvalue weighted by Gasteiger charge is 2.45. The van der Waals surface area contributed by atoms with Gasteiger partial charge in [0.15, 0.2) is 5.82 Å². The summed E-state index contributed by atoms with van der Waals surface area (Å²) in [6.07, 6.45) is -0.428. The largest absolute Gasteiger partial charge is 0.472 e. The van der Waals surface area contributed by atoms with Crippen LogP contribution in [0.1, 0.15) is 40.9 Å². The fraction of sp³-hybridized carbons (Fsp3) is 0.360. The normalized spacial score (nSPS) is 21.7. The minimum absolute atomic E-state index is 0.00322. The van der Waals surface area contributed by atoms with E-state index in [0.717, 1.165) is 18.7 Å². The average Bonchev–Trinajstić information content (AvgIpc) is 2.84. The molecule has 3 aliphatic rings. The van der Waals surface area contributed by atoms with E-state index in [1.807, 2.05) is 0 Å². The van der Waals surface area contributed by atoms with E-state index in [9.17, 15) is 22.4 Å². The van der Waals surface area contributed by atoms with Crippen LogP contribution < -0.4 is 4.74 Å². The summed E-state index contributed by atoms with van der Waals surface area (Å²) in [4.78, 5) is 27.7. The maximum Gasteiger partial charge on any atom is 0.417 e. The number of amides is 1. The van der Waals surface area contributed by atoms with E-state index in [4.69, 9.17) is 4.74 Å². The highest BCUT2D eigenvalue weighted by Crippen LogP contribution is 2.39. The molecule has 0 N–H and O–H groups in total. The first-order valence-electron chi connectivity index (χ1n) is 11.3. The van der Waals surface area contributed by atoms with Gasteiger partial charge in [-0.05, 0) is 62.4 Å². The van der Waals surface area contributed by atoms with E-state index in [2.05, 4.69) is 15.0 Å². The molecule has 0 radical (unpaired) electrons. The molecule has 2 bridgehead atoms. The number of pyridine rings is 3. The monoisotopic (exact) mass is 486 g/mol. The van der Waals surface area contributed by atoms with Gasteiger partial charge < -0.3 is 9.64 Å². The molecule has 6 rings (SSSR count). The van der Waals surface area contributed by atoms with Crippen LogP contribution in [-0.2, 0) is 6.18 Å². The van der Waals surface area contributed by atoms with Crippen molar-refractivity contribution in [2.75, 3.05) is 6.54 Å². The smallest absolute Gasteiger partial charge is 0.417 e. The highest BCUT2D eigenvalue weighted by atomic mass is 19.4. The van der Waals surface area contributed by atoms with Crippen molar-refractivity contribution in [3.05, 3.63) is 71.4 Å². The van der Waals surface area contributed by atoms with Gasteiger partial charge in [-0.3, -0.25) is 14.8 Å². The third-order valence-electron chi connectivity index (χ3n) is 6.57. The second-order valence-corrected chi connectivity index (χ2v) is 8.93. The highest BCUT2D eigenvalue weighted by molar-refractivity contribution is 6.00. The zero-order valence-electron chi connectivity index (χ0n) is 18.8. The van der Waals surface area contributed by atoms with Gasteiger partial charge in [-0.2, -0.15) is 13.2 Å². The van der Waals surface area contributed by atoms with Gasteiger partial charge in [0.05, 0.1) is 17.2 Å². The molecule has 1 saturated carbocycles. The molecule has 10 heteroatoms. The Morgan fingerprint density at radius 1 is 1.09 bits per heavy atom. The van der Waals surface area contributed by atoms with E-state index >= 15 is 0 Å². The number of carbonyl (C=O) groups is 1. The number of nitrogens with zero attached hydrogens (tertiary/aromatic N) is 4. The lowest BCUT2D eigenvalue weighted by molar-refractivity contribution is -0.137. The van der Waals surface area contributed by atoms with Crippen LogP contribution in [0.15, 0.2) is 48.8 Å². The molecular formula is C25H22F4N4O2. The summed E-state index contributed by atoms with van der Waals surface area (Å²) in [7, 11) is 0. The van der Waals surface area contributed by atoms with Gasteiger partial charge >= 0.3 is 6.18 Å². The number of ether oxygens (including phenoxy) is 1. The van der Waals surface area contributed by atoms with Gasteiger partial charge in [-0.25, -0.2) is 9.37 Å². The maximum absolute atomic E-state index is 14.5. The summed E-state index contributed by atoms with van der Waals surface area (Å²) in [5, 5.41) is 0. The van der Waals surface area contributed by atoms with Crippen LogP contribution >= 0.6 is 0 Å². The van der Waals surface area contributed by atoms with Gasteiger partial charge in [0.25, 0.3) is 5.91 Å². The van der Waals surface area contributed by atoms with Gasteiger partial charge in [-0.1, -0.05) is 0 Å². The molecule has 1 aliphatic carbocycles. The molecule has 3 fully saturated rings. The minimum Gasteiger partial charge on any atom is -0.472 e. The predicted octanol–water partition coefficient (Wildman–Crippen LogP) is 5.08. The van der Waals surface area contributed by atoms with Crippen molar-refractivity contribution in [1.29, 1.82) is 0 Å². The molecule has 3 aromatic rings. The number of hydrogen-bond donors (Lipinski definition) is 0. The Bertz CT molecular complexity index is 1250. The number of aryl methyl sites for hydroxylation is 1. The zero-order valence-corrected chi connectivity index (χ0v) is 18.8. The lowest BCUT2D eigenvalue weighted by atomic mass is 9.77. The average molecular weight is 486 g/mol. The summed E-state index contributed by atoms with van der Waals surface area (Å²) in [6.45, 7) is 2.27. The van der Waals surface area contributed by atoms with Crippen molar-refractivity contribution in [2.45, 2.75) is 44.5 Å². The molecule has 2 saturated heterocycles. The first-order valence-corrected chi connectivity index (χ1v) is 11.3. The molecular weight excluding hydrogens is 464 g/mol. The molecule has 1 amide bonds. The second-order valence-electron chi connectivity index (χ2n) is 8.93. The quantitative estimate of drug-likeness (QED) is 0.482. The van der Waals surface area contributed by atoms with Gasteiger partial charge in [0, 0.05) is 30.7 Å². The predicted molar refractivity (Wildman–Crippen MR) is 118 cm³/mol. The first kappa shape index (κ1) is 23.2. The molecule has 6 nitrogen and oxygen atoms in total. The van der Waals surface area contributed by atoms with Gasteiger partial charge in [0.1, 0.15) is 17.5 Å². The number of carbonyl (C=O) groups excluding carboxylic acids is 1. The molecule has 35 heavy (non-hydrogen) atoms. The second kappa shape index (κ2) is 8.90. The molecule has 0 unspecified atom stereocenters.